The molecule has 0 aliphatic rings. The van der Waals surface area contributed by atoms with Gasteiger partial charge in [0, 0.05) is 22.8 Å². The van der Waals surface area contributed by atoms with Crippen molar-refractivity contribution in [3.63, 3.8) is 0 Å². The number of benzene rings is 1. The van der Waals surface area contributed by atoms with Gasteiger partial charge >= 0.3 is 5.97 Å². The molecular formula is C13H13ClN2O2S. The lowest BCUT2D eigenvalue weighted by Crippen LogP contribution is -2.07. The van der Waals surface area contributed by atoms with Crippen LogP contribution in [0.4, 0.5) is 11.4 Å². The van der Waals surface area contributed by atoms with Gasteiger partial charge in [0.15, 0.2) is 0 Å². The molecule has 2 aromatic rings. The van der Waals surface area contributed by atoms with Crippen molar-refractivity contribution in [3.8, 4) is 0 Å². The number of carboxylic acid groups (broad SMARTS) is 1. The zero-order valence-corrected chi connectivity index (χ0v) is 11.6. The third kappa shape index (κ3) is 3.62. The van der Waals surface area contributed by atoms with Crippen LogP contribution in [0.25, 0.3) is 0 Å². The maximum Gasteiger partial charge on any atom is 0.337 e. The van der Waals surface area contributed by atoms with Gasteiger partial charge in [0.25, 0.3) is 0 Å². The molecule has 0 radical (unpaired) electrons. The zero-order valence-electron chi connectivity index (χ0n) is 10.0. The first kappa shape index (κ1) is 13.7. The van der Waals surface area contributed by atoms with Crippen LogP contribution in [0.15, 0.2) is 30.3 Å². The number of nitrogens with one attached hydrogen (secondary N) is 1. The highest BCUT2D eigenvalue weighted by Gasteiger charge is 2.08. The SMILES string of the molecule is Nc1ccc(NCCc2ccc(Cl)s2)cc1C(=O)O. The minimum absolute atomic E-state index is 0.115. The van der Waals surface area contributed by atoms with Crippen LogP contribution in [0.1, 0.15) is 15.2 Å². The molecule has 0 fully saturated rings. The van der Waals surface area contributed by atoms with Gasteiger partial charge in [0.2, 0.25) is 0 Å². The van der Waals surface area contributed by atoms with Crippen LogP contribution in [-0.4, -0.2) is 17.6 Å². The smallest absolute Gasteiger partial charge is 0.337 e. The minimum atomic E-state index is -1.02. The number of nitrogen functional groups attached to an aromatic ring is 1. The molecule has 6 heteroatoms. The van der Waals surface area contributed by atoms with Crippen molar-refractivity contribution in [2.24, 2.45) is 0 Å². The molecule has 0 bridgehead atoms. The summed E-state index contributed by atoms with van der Waals surface area (Å²) in [6, 6.07) is 8.75. The van der Waals surface area contributed by atoms with Gasteiger partial charge in [-0.1, -0.05) is 11.6 Å². The molecule has 0 spiro atoms. The Labute approximate surface area is 119 Å². The largest absolute Gasteiger partial charge is 0.478 e. The van der Waals surface area contributed by atoms with E-state index < -0.39 is 5.97 Å². The van der Waals surface area contributed by atoms with Crippen LogP contribution in [0, 0.1) is 0 Å². The Hall–Kier alpha value is -1.72. The number of aromatic carboxylic acids is 1. The molecule has 4 nitrogen and oxygen atoms in total. The van der Waals surface area contributed by atoms with Gasteiger partial charge in [-0.15, -0.1) is 11.3 Å². The van der Waals surface area contributed by atoms with Crippen LogP contribution in [-0.2, 0) is 6.42 Å². The maximum absolute atomic E-state index is 11.0. The van der Waals surface area contributed by atoms with E-state index in [2.05, 4.69) is 5.32 Å². The van der Waals surface area contributed by atoms with Crippen molar-refractivity contribution in [3.05, 3.63) is 45.1 Å². The molecule has 0 atom stereocenters. The van der Waals surface area contributed by atoms with E-state index in [0.29, 0.717) is 6.54 Å². The van der Waals surface area contributed by atoms with E-state index >= 15 is 0 Å². The average Bonchev–Trinajstić information content (AvgIpc) is 2.77. The normalized spacial score (nSPS) is 10.4. The molecule has 0 saturated heterocycles. The standard InChI is InChI=1S/C13H13ClN2O2S/c14-12-4-2-9(19-12)5-6-16-8-1-3-11(15)10(7-8)13(17)18/h1-4,7,16H,5-6,15H2,(H,17,18). The molecule has 0 aliphatic heterocycles. The number of nitrogens with two attached hydrogens (primary N) is 1. The van der Waals surface area contributed by atoms with Gasteiger partial charge in [-0.25, -0.2) is 4.79 Å². The molecule has 19 heavy (non-hydrogen) atoms. The Kier molecular flexibility index (Phi) is 4.29. The number of carbonyl (C=O) groups is 1. The van der Waals surface area contributed by atoms with Crippen LogP contribution < -0.4 is 11.1 Å². The second-order valence-electron chi connectivity index (χ2n) is 3.99. The van der Waals surface area contributed by atoms with E-state index in [4.69, 9.17) is 22.4 Å². The van der Waals surface area contributed by atoms with Crippen molar-refractivity contribution in [2.75, 3.05) is 17.6 Å². The van der Waals surface area contributed by atoms with Crippen LogP contribution in [0.5, 0.6) is 0 Å². The Morgan fingerprint density at radius 1 is 1.37 bits per heavy atom. The third-order valence-corrected chi connectivity index (χ3v) is 3.90. The lowest BCUT2D eigenvalue weighted by molar-refractivity contribution is 0.0698. The van der Waals surface area contributed by atoms with E-state index in [1.807, 2.05) is 12.1 Å². The first-order chi connectivity index (χ1) is 9.06. The highest BCUT2D eigenvalue weighted by Crippen LogP contribution is 2.22. The summed E-state index contributed by atoms with van der Waals surface area (Å²) in [6.45, 7) is 0.708. The number of rotatable bonds is 5. The molecule has 0 aliphatic carbocycles. The fourth-order valence-corrected chi connectivity index (χ4v) is 2.75. The van der Waals surface area contributed by atoms with E-state index in [9.17, 15) is 4.79 Å². The van der Waals surface area contributed by atoms with E-state index in [0.717, 1.165) is 16.4 Å². The molecule has 2 rings (SSSR count). The monoisotopic (exact) mass is 296 g/mol. The Bertz CT molecular complexity index is 598. The molecular weight excluding hydrogens is 284 g/mol. The summed E-state index contributed by atoms with van der Waals surface area (Å²) in [5.41, 5.74) is 6.72. The average molecular weight is 297 g/mol. The first-order valence-corrected chi connectivity index (χ1v) is 6.86. The zero-order chi connectivity index (χ0) is 13.8. The summed E-state index contributed by atoms with van der Waals surface area (Å²) >= 11 is 7.39. The van der Waals surface area contributed by atoms with Gasteiger partial charge < -0.3 is 16.2 Å². The van der Waals surface area contributed by atoms with Crippen molar-refractivity contribution < 1.29 is 9.90 Å². The lowest BCUT2D eigenvalue weighted by Gasteiger charge is -2.08. The molecule has 4 N–H and O–H groups in total. The number of halogens is 1. The molecule has 1 heterocycles. The molecule has 1 aromatic heterocycles. The molecule has 0 unspecified atom stereocenters. The number of hydrogen-bond donors (Lipinski definition) is 3. The molecule has 100 valence electrons. The van der Waals surface area contributed by atoms with E-state index in [-0.39, 0.29) is 11.3 Å². The number of thiophene rings is 1. The van der Waals surface area contributed by atoms with Crippen LogP contribution in [0.3, 0.4) is 0 Å². The lowest BCUT2D eigenvalue weighted by atomic mass is 10.1. The fraction of sp³-hybridized carbons (Fsp3) is 0.154. The summed E-state index contributed by atoms with van der Waals surface area (Å²) in [6.07, 6.45) is 0.837. The summed E-state index contributed by atoms with van der Waals surface area (Å²) in [5, 5.41) is 12.1. The predicted molar refractivity (Wildman–Crippen MR) is 79.3 cm³/mol. The number of carboxylic acids is 1. The van der Waals surface area contributed by atoms with Gasteiger partial charge in [-0.2, -0.15) is 0 Å². The van der Waals surface area contributed by atoms with Crippen molar-refractivity contribution in [1.29, 1.82) is 0 Å². The molecule has 1 aromatic carbocycles. The topological polar surface area (TPSA) is 75.3 Å². The highest BCUT2D eigenvalue weighted by atomic mass is 35.5. The molecule has 0 saturated carbocycles. The molecule has 0 amide bonds. The summed E-state index contributed by atoms with van der Waals surface area (Å²) in [4.78, 5) is 12.1. The van der Waals surface area contributed by atoms with E-state index in [1.54, 1.807) is 29.5 Å². The van der Waals surface area contributed by atoms with Gasteiger partial charge in [0.05, 0.1) is 9.90 Å². The first-order valence-electron chi connectivity index (χ1n) is 5.67. The Morgan fingerprint density at radius 2 is 2.16 bits per heavy atom. The van der Waals surface area contributed by atoms with Crippen LogP contribution >= 0.6 is 22.9 Å². The summed E-state index contributed by atoms with van der Waals surface area (Å²) < 4.78 is 0.774. The van der Waals surface area contributed by atoms with E-state index in [1.165, 1.54) is 4.88 Å². The predicted octanol–water partition coefficient (Wildman–Crippen LogP) is 3.34. The van der Waals surface area contributed by atoms with Crippen LogP contribution in [0.2, 0.25) is 4.34 Å². The van der Waals surface area contributed by atoms with Crippen molar-refractivity contribution in [2.45, 2.75) is 6.42 Å². The van der Waals surface area contributed by atoms with Gasteiger partial charge in [-0.05, 0) is 36.8 Å². The summed E-state index contributed by atoms with van der Waals surface area (Å²) in [7, 11) is 0. The van der Waals surface area contributed by atoms with Crippen molar-refractivity contribution in [1.82, 2.24) is 0 Å². The second-order valence-corrected chi connectivity index (χ2v) is 5.79. The second kappa shape index (κ2) is 5.95. The Balaban J connectivity index is 1.96. The van der Waals surface area contributed by atoms with Gasteiger partial charge in [-0.3, -0.25) is 0 Å². The van der Waals surface area contributed by atoms with Gasteiger partial charge in [0.1, 0.15) is 0 Å². The van der Waals surface area contributed by atoms with Crippen molar-refractivity contribution >= 4 is 40.3 Å². The minimum Gasteiger partial charge on any atom is -0.478 e. The summed E-state index contributed by atoms with van der Waals surface area (Å²) in [5.74, 6) is -1.02. The fourth-order valence-electron chi connectivity index (χ4n) is 1.67. The number of hydrogen-bond acceptors (Lipinski definition) is 4. The highest BCUT2D eigenvalue weighted by molar-refractivity contribution is 7.16. The third-order valence-electron chi connectivity index (χ3n) is 2.61. The quantitative estimate of drug-likeness (QED) is 0.740. The number of anilines is 2. The maximum atomic E-state index is 11.0. The Morgan fingerprint density at radius 3 is 2.79 bits per heavy atom.